The molecular weight excluding hydrogens is 350 g/mol. The highest BCUT2D eigenvalue weighted by Crippen LogP contribution is 2.19. The number of aliphatic imine (C=N–C) groups is 1. The monoisotopic (exact) mass is 381 g/mol. The van der Waals surface area contributed by atoms with Gasteiger partial charge >= 0.3 is 0 Å². The maximum atomic E-state index is 5.93. The van der Waals surface area contributed by atoms with E-state index in [1.54, 1.807) is 7.11 Å². The summed E-state index contributed by atoms with van der Waals surface area (Å²) in [6.45, 7) is 6.29. The zero-order chi connectivity index (χ0) is 19.8. The normalized spacial score (nSPS) is 17.0. The second kappa shape index (κ2) is 10.1. The Kier molecular flexibility index (Phi) is 7.31. The van der Waals surface area contributed by atoms with Crippen molar-refractivity contribution in [1.29, 1.82) is 0 Å². The Balaban J connectivity index is 1.44. The van der Waals surface area contributed by atoms with Crippen molar-refractivity contribution in [3.05, 3.63) is 65.2 Å². The van der Waals surface area contributed by atoms with E-state index in [0.717, 1.165) is 49.9 Å². The van der Waals surface area contributed by atoms with E-state index in [4.69, 9.17) is 9.47 Å². The van der Waals surface area contributed by atoms with E-state index >= 15 is 0 Å². The number of hydrogen-bond donors (Lipinski definition) is 1. The number of benzene rings is 2. The molecule has 1 saturated heterocycles. The highest BCUT2D eigenvalue weighted by atomic mass is 16.5. The number of nitrogens with zero attached hydrogens (tertiary/aromatic N) is 2. The molecule has 0 bridgehead atoms. The third-order valence-electron chi connectivity index (χ3n) is 5.17. The van der Waals surface area contributed by atoms with E-state index in [-0.39, 0.29) is 0 Å². The predicted molar refractivity (Wildman–Crippen MR) is 114 cm³/mol. The summed E-state index contributed by atoms with van der Waals surface area (Å²) in [5.74, 6) is 2.43. The number of guanidine groups is 1. The average Bonchev–Trinajstić information content (AvgIpc) is 3.18. The minimum Gasteiger partial charge on any atom is -0.496 e. The first kappa shape index (κ1) is 20.2. The molecule has 2 aromatic carbocycles. The molecule has 0 amide bonds. The summed E-state index contributed by atoms with van der Waals surface area (Å²) in [5, 5.41) is 3.49. The number of methoxy groups -OCH3 is 1. The van der Waals surface area contributed by atoms with E-state index in [0.29, 0.717) is 12.5 Å². The zero-order valence-electron chi connectivity index (χ0n) is 17.1. The lowest BCUT2D eigenvalue weighted by Crippen LogP contribution is -2.39. The number of rotatable bonds is 7. The summed E-state index contributed by atoms with van der Waals surface area (Å²) in [6.07, 6.45) is 1.14. The van der Waals surface area contributed by atoms with E-state index in [1.165, 1.54) is 11.1 Å². The summed E-state index contributed by atoms with van der Waals surface area (Å²) in [4.78, 5) is 6.80. The molecule has 1 heterocycles. The fourth-order valence-electron chi connectivity index (χ4n) is 3.64. The molecule has 1 unspecified atom stereocenters. The Hall–Kier alpha value is -2.53. The Bertz CT molecular complexity index is 777. The van der Waals surface area contributed by atoms with Crippen LogP contribution in [0.25, 0.3) is 0 Å². The van der Waals surface area contributed by atoms with E-state index in [1.807, 2.05) is 19.2 Å². The molecule has 1 fully saturated rings. The summed E-state index contributed by atoms with van der Waals surface area (Å²) in [6, 6.07) is 16.6. The number of ether oxygens (including phenoxy) is 2. The minimum absolute atomic E-state index is 0.547. The quantitative estimate of drug-likeness (QED) is 0.588. The fourth-order valence-corrected chi connectivity index (χ4v) is 3.64. The van der Waals surface area contributed by atoms with Crippen LogP contribution < -0.4 is 10.1 Å². The van der Waals surface area contributed by atoms with Gasteiger partial charge in [0.2, 0.25) is 0 Å². The molecule has 1 aliphatic rings. The second-order valence-electron chi connectivity index (χ2n) is 7.31. The van der Waals surface area contributed by atoms with Gasteiger partial charge in [-0.1, -0.05) is 42.5 Å². The number of aryl methyl sites for hydroxylation is 1. The molecule has 28 heavy (non-hydrogen) atoms. The smallest absolute Gasteiger partial charge is 0.193 e. The van der Waals surface area contributed by atoms with Crippen LogP contribution in [0.5, 0.6) is 5.75 Å². The van der Waals surface area contributed by atoms with Gasteiger partial charge in [0.1, 0.15) is 5.75 Å². The van der Waals surface area contributed by atoms with Gasteiger partial charge in [-0.25, -0.2) is 0 Å². The topological polar surface area (TPSA) is 46.1 Å². The zero-order valence-corrected chi connectivity index (χ0v) is 17.1. The summed E-state index contributed by atoms with van der Waals surface area (Å²) < 4.78 is 11.3. The largest absolute Gasteiger partial charge is 0.496 e. The van der Waals surface area contributed by atoms with Crippen molar-refractivity contribution in [2.45, 2.75) is 26.5 Å². The molecule has 1 N–H and O–H groups in total. The van der Waals surface area contributed by atoms with Crippen LogP contribution in [0.15, 0.2) is 53.5 Å². The van der Waals surface area contributed by atoms with Gasteiger partial charge < -0.3 is 19.7 Å². The van der Waals surface area contributed by atoms with Gasteiger partial charge in [-0.3, -0.25) is 4.99 Å². The first-order valence-electron chi connectivity index (χ1n) is 9.90. The average molecular weight is 382 g/mol. The van der Waals surface area contributed by atoms with Gasteiger partial charge in [-0.15, -0.1) is 0 Å². The maximum absolute atomic E-state index is 5.93. The number of hydrogen-bond acceptors (Lipinski definition) is 3. The molecule has 3 rings (SSSR count). The Morgan fingerprint density at radius 1 is 1.18 bits per heavy atom. The molecule has 0 radical (unpaired) electrons. The minimum atomic E-state index is 0.547. The third kappa shape index (κ3) is 5.49. The van der Waals surface area contributed by atoms with Crippen LogP contribution in [0.2, 0.25) is 0 Å². The number of likely N-dealkylation sites (tertiary alicyclic amines) is 1. The van der Waals surface area contributed by atoms with E-state index in [9.17, 15) is 0 Å². The van der Waals surface area contributed by atoms with Crippen LogP contribution >= 0.6 is 0 Å². The summed E-state index contributed by atoms with van der Waals surface area (Å²) in [5.41, 5.74) is 3.60. The molecule has 0 aromatic heterocycles. The molecule has 1 aliphatic heterocycles. The van der Waals surface area contributed by atoms with Crippen molar-refractivity contribution in [1.82, 2.24) is 10.2 Å². The van der Waals surface area contributed by atoms with Crippen LogP contribution in [-0.4, -0.2) is 44.7 Å². The molecule has 0 spiro atoms. The fraction of sp³-hybridized carbons (Fsp3) is 0.435. The van der Waals surface area contributed by atoms with Gasteiger partial charge in [0.25, 0.3) is 0 Å². The highest BCUT2D eigenvalue weighted by Gasteiger charge is 2.24. The second-order valence-corrected chi connectivity index (χ2v) is 7.31. The van der Waals surface area contributed by atoms with Crippen LogP contribution in [0.3, 0.4) is 0 Å². The van der Waals surface area contributed by atoms with E-state index in [2.05, 4.69) is 58.5 Å². The molecule has 5 heteroatoms. The van der Waals surface area contributed by atoms with Gasteiger partial charge in [0.05, 0.1) is 20.3 Å². The van der Waals surface area contributed by atoms with Crippen molar-refractivity contribution in [3.8, 4) is 5.75 Å². The third-order valence-corrected chi connectivity index (χ3v) is 5.17. The van der Waals surface area contributed by atoms with Crippen molar-refractivity contribution in [3.63, 3.8) is 0 Å². The lowest BCUT2D eigenvalue weighted by molar-refractivity contribution is 0.0906. The lowest BCUT2D eigenvalue weighted by atomic mass is 10.1. The molecule has 5 nitrogen and oxygen atoms in total. The molecule has 1 atom stereocenters. The Morgan fingerprint density at radius 3 is 2.71 bits per heavy atom. The van der Waals surface area contributed by atoms with Gasteiger partial charge in [-0.05, 0) is 36.1 Å². The molecule has 0 aliphatic carbocycles. The van der Waals surface area contributed by atoms with Crippen LogP contribution in [0, 0.1) is 12.8 Å². The van der Waals surface area contributed by atoms with Crippen molar-refractivity contribution in [2.75, 3.05) is 33.9 Å². The SMILES string of the molecule is CN=C(NCc1ccc(OC)c(C)c1)N1CCC(COCc2ccccc2)C1. The lowest BCUT2D eigenvalue weighted by Gasteiger charge is -2.22. The maximum Gasteiger partial charge on any atom is 0.193 e. The Morgan fingerprint density at radius 2 is 2.00 bits per heavy atom. The van der Waals surface area contributed by atoms with Gasteiger partial charge in [0, 0.05) is 32.6 Å². The number of nitrogens with one attached hydrogen (secondary N) is 1. The van der Waals surface area contributed by atoms with Gasteiger partial charge in [0.15, 0.2) is 5.96 Å². The standard InChI is InChI=1S/C23H31N3O2/c1-18-13-20(9-10-22(18)27-3)14-25-23(24-2)26-12-11-21(15-26)17-28-16-19-7-5-4-6-8-19/h4-10,13,21H,11-12,14-17H2,1-3H3,(H,24,25). The summed E-state index contributed by atoms with van der Waals surface area (Å²) in [7, 11) is 3.55. The molecule has 2 aromatic rings. The first-order chi connectivity index (χ1) is 13.7. The highest BCUT2D eigenvalue weighted by molar-refractivity contribution is 5.80. The first-order valence-corrected chi connectivity index (χ1v) is 9.90. The van der Waals surface area contributed by atoms with Crippen LogP contribution in [-0.2, 0) is 17.9 Å². The van der Waals surface area contributed by atoms with Crippen molar-refractivity contribution in [2.24, 2.45) is 10.9 Å². The predicted octanol–water partition coefficient (Wildman–Crippen LogP) is 3.62. The van der Waals surface area contributed by atoms with Crippen LogP contribution in [0.1, 0.15) is 23.1 Å². The van der Waals surface area contributed by atoms with Gasteiger partial charge in [-0.2, -0.15) is 0 Å². The van der Waals surface area contributed by atoms with Crippen molar-refractivity contribution >= 4 is 5.96 Å². The van der Waals surface area contributed by atoms with Crippen molar-refractivity contribution < 1.29 is 9.47 Å². The molecular formula is C23H31N3O2. The van der Waals surface area contributed by atoms with E-state index < -0.39 is 0 Å². The summed E-state index contributed by atoms with van der Waals surface area (Å²) >= 11 is 0. The Labute approximate surface area is 168 Å². The molecule has 150 valence electrons. The van der Waals surface area contributed by atoms with Crippen LogP contribution in [0.4, 0.5) is 0 Å². The molecule has 0 saturated carbocycles.